The van der Waals surface area contributed by atoms with Gasteiger partial charge in [-0.15, -0.1) is 0 Å². The highest BCUT2D eigenvalue weighted by Gasteiger charge is 2.32. The fraction of sp³-hybridized carbons (Fsp3) is 0.412. The van der Waals surface area contributed by atoms with Crippen LogP contribution in [0.2, 0.25) is 0 Å². The van der Waals surface area contributed by atoms with Crippen LogP contribution in [0.25, 0.3) is 5.69 Å². The normalized spacial score (nSPS) is 22.2. The largest absolute Gasteiger partial charge is 0.461 e. The number of carbonyl (C=O) groups excluding carboxylic acids is 1. The van der Waals surface area contributed by atoms with Crippen LogP contribution in [0.4, 0.5) is 4.39 Å². The lowest BCUT2D eigenvalue weighted by Crippen LogP contribution is -2.35. The number of esters is 1. The lowest BCUT2D eigenvalue weighted by molar-refractivity contribution is -0.142. The molecule has 0 unspecified atom stereocenters. The second-order valence-electron chi connectivity index (χ2n) is 6.10. The third kappa shape index (κ3) is 3.27. The summed E-state index contributed by atoms with van der Waals surface area (Å²) in [5, 5.41) is 7.32. The topological polar surface area (TPSA) is 56.1 Å². The van der Waals surface area contributed by atoms with E-state index in [9.17, 15) is 9.18 Å². The van der Waals surface area contributed by atoms with E-state index in [0.717, 1.165) is 11.1 Å². The molecule has 1 aromatic heterocycles. The Morgan fingerprint density at radius 3 is 2.83 bits per heavy atom. The fourth-order valence-electron chi connectivity index (χ4n) is 2.81. The predicted octanol–water partition coefficient (Wildman–Crippen LogP) is 2.67. The van der Waals surface area contributed by atoms with Gasteiger partial charge in [0.15, 0.2) is 0 Å². The molecule has 5 nitrogen and oxygen atoms in total. The molecule has 3 atom stereocenters. The first-order valence-corrected chi connectivity index (χ1v) is 7.71. The minimum atomic E-state index is -0.346. The Morgan fingerprint density at radius 1 is 1.48 bits per heavy atom. The molecule has 2 heterocycles. The van der Waals surface area contributed by atoms with Crippen molar-refractivity contribution in [3.8, 4) is 5.69 Å². The Labute approximate surface area is 134 Å². The summed E-state index contributed by atoms with van der Waals surface area (Å²) in [6.07, 6.45) is 4.02. The molecule has 23 heavy (non-hydrogen) atoms. The van der Waals surface area contributed by atoms with E-state index in [1.165, 1.54) is 10.7 Å². The van der Waals surface area contributed by atoms with Gasteiger partial charge in [0.05, 0.1) is 6.20 Å². The Morgan fingerprint density at radius 2 is 2.26 bits per heavy atom. The van der Waals surface area contributed by atoms with Crippen LogP contribution in [0.5, 0.6) is 0 Å². The average molecular weight is 317 g/mol. The Balaban J connectivity index is 1.76. The van der Waals surface area contributed by atoms with Crippen LogP contribution in [0.3, 0.4) is 0 Å². The molecule has 1 saturated heterocycles. The molecule has 1 aromatic carbocycles. The summed E-state index contributed by atoms with van der Waals surface area (Å²) in [5.41, 5.74) is 2.16. The van der Waals surface area contributed by atoms with Crippen LogP contribution in [0.15, 0.2) is 30.6 Å². The van der Waals surface area contributed by atoms with Crippen molar-refractivity contribution in [3.05, 3.63) is 47.5 Å². The molecule has 1 fully saturated rings. The van der Waals surface area contributed by atoms with Crippen LogP contribution in [-0.2, 0) is 9.53 Å². The molecule has 0 amide bonds. The molecule has 0 saturated carbocycles. The van der Waals surface area contributed by atoms with Crippen molar-refractivity contribution in [2.45, 2.75) is 45.4 Å². The molecule has 1 N–H and O–H groups in total. The number of hydrogen-bond donors (Lipinski definition) is 1. The monoisotopic (exact) mass is 317 g/mol. The molecular formula is C17H20FN3O2. The highest BCUT2D eigenvalue weighted by Crippen LogP contribution is 2.22. The second kappa shape index (κ2) is 6.12. The fourth-order valence-corrected chi connectivity index (χ4v) is 2.81. The molecule has 1 aliphatic rings. The molecule has 0 aliphatic carbocycles. The first kappa shape index (κ1) is 15.7. The molecule has 122 valence electrons. The molecule has 0 spiro atoms. The van der Waals surface area contributed by atoms with E-state index >= 15 is 0 Å². The zero-order chi connectivity index (χ0) is 16.6. The Kier molecular flexibility index (Phi) is 4.17. The van der Waals surface area contributed by atoms with E-state index in [2.05, 4.69) is 10.4 Å². The molecular weight excluding hydrogens is 297 g/mol. The van der Waals surface area contributed by atoms with Crippen molar-refractivity contribution in [2.75, 3.05) is 0 Å². The number of rotatable bonds is 4. The van der Waals surface area contributed by atoms with Gasteiger partial charge in [0.1, 0.15) is 23.7 Å². The van der Waals surface area contributed by atoms with Gasteiger partial charge in [-0.1, -0.05) is 6.07 Å². The van der Waals surface area contributed by atoms with Gasteiger partial charge in [0, 0.05) is 18.7 Å². The van der Waals surface area contributed by atoms with Gasteiger partial charge in [0.25, 0.3) is 0 Å². The van der Waals surface area contributed by atoms with Crippen molar-refractivity contribution >= 4 is 5.97 Å². The highest BCUT2D eigenvalue weighted by molar-refractivity contribution is 5.78. The zero-order valence-electron chi connectivity index (χ0n) is 13.4. The van der Waals surface area contributed by atoms with E-state index in [0.29, 0.717) is 12.1 Å². The van der Waals surface area contributed by atoms with E-state index in [-0.39, 0.29) is 30.0 Å². The Hall–Kier alpha value is -2.21. The van der Waals surface area contributed by atoms with Crippen LogP contribution in [0, 0.1) is 12.7 Å². The van der Waals surface area contributed by atoms with E-state index < -0.39 is 0 Å². The highest BCUT2D eigenvalue weighted by atomic mass is 19.1. The van der Waals surface area contributed by atoms with Crippen LogP contribution in [0.1, 0.15) is 37.4 Å². The minimum absolute atomic E-state index is 0.0747. The smallest absolute Gasteiger partial charge is 0.323 e. The number of benzene rings is 1. The van der Waals surface area contributed by atoms with E-state index in [1.807, 2.05) is 26.8 Å². The summed E-state index contributed by atoms with van der Waals surface area (Å²) in [6, 6.07) is 4.53. The summed E-state index contributed by atoms with van der Waals surface area (Å²) in [7, 11) is 0. The second-order valence-corrected chi connectivity index (χ2v) is 6.10. The minimum Gasteiger partial charge on any atom is -0.461 e. The number of carbonyl (C=O) groups is 1. The molecule has 3 rings (SSSR count). The molecule has 1 aliphatic heterocycles. The molecule has 6 heteroatoms. The standard InChI is InChI=1S/C17H20FN3O2/c1-10-8-19-21(9-10)16-5-4-13(7-14(16)18)12(3)20-15-6-11(2)23-17(15)22/h4-5,7-9,11-12,15,20H,6H2,1-3H3/t11-,12-,15-/m0/s1. The number of aromatic nitrogens is 2. The number of halogens is 1. The van der Waals surface area contributed by atoms with Crippen molar-refractivity contribution in [1.82, 2.24) is 15.1 Å². The van der Waals surface area contributed by atoms with Crippen molar-refractivity contribution < 1.29 is 13.9 Å². The van der Waals surface area contributed by atoms with Gasteiger partial charge in [-0.25, -0.2) is 9.07 Å². The number of aryl methyl sites for hydroxylation is 1. The lowest BCUT2D eigenvalue weighted by atomic mass is 10.1. The molecule has 0 radical (unpaired) electrons. The first-order valence-electron chi connectivity index (χ1n) is 7.71. The van der Waals surface area contributed by atoms with Crippen LogP contribution < -0.4 is 5.32 Å². The Bertz CT molecular complexity index is 728. The zero-order valence-corrected chi connectivity index (χ0v) is 13.4. The summed E-state index contributed by atoms with van der Waals surface area (Å²) in [6.45, 7) is 5.68. The number of nitrogens with zero attached hydrogens (tertiary/aromatic N) is 2. The predicted molar refractivity (Wildman–Crippen MR) is 83.8 cm³/mol. The van der Waals surface area contributed by atoms with Gasteiger partial charge in [0.2, 0.25) is 0 Å². The maximum Gasteiger partial charge on any atom is 0.323 e. The van der Waals surface area contributed by atoms with Crippen LogP contribution >= 0.6 is 0 Å². The SMILES string of the molecule is Cc1cnn(-c2ccc([C@H](C)N[C@H]3C[C@H](C)OC3=O)cc2F)c1. The van der Waals surface area contributed by atoms with E-state index in [1.54, 1.807) is 18.5 Å². The van der Waals surface area contributed by atoms with E-state index in [4.69, 9.17) is 4.74 Å². The number of nitrogens with one attached hydrogen (secondary N) is 1. The number of hydrogen-bond acceptors (Lipinski definition) is 4. The third-order valence-corrected chi connectivity index (χ3v) is 4.05. The summed E-state index contributed by atoms with van der Waals surface area (Å²) in [5.74, 6) is -0.588. The van der Waals surface area contributed by atoms with Gasteiger partial charge in [-0.05, 0) is 44.0 Å². The van der Waals surface area contributed by atoms with Gasteiger partial charge < -0.3 is 4.74 Å². The lowest BCUT2D eigenvalue weighted by Gasteiger charge is -2.18. The summed E-state index contributed by atoms with van der Waals surface area (Å²) >= 11 is 0. The molecule has 2 aromatic rings. The van der Waals surface area contributed by atoms with Crippen molar-refractivity contribution in [1.29, 1.82) is 0 Å². The van der Waals surface area contributed by atoms with Gasteiger partial charge in [-0.3, -0.25) is 10.1 Å². The maximum absolute atomic E-state index is 14.4. The number of ether oxygens (including phenoxy) is 1. The first-order chi connectivity index (χ1) is 10.9. The summed E-state index contributed by atoms with van der Waals surface area (Å²) < 4.78 is 21.0. The third-order valence-electron chi connectivity index (χ3n) is 4.05. The number of cyclic esters (lactones) is 1. The molecule has 0 bridgehead atoms. The van der Waals surface area contributed by atoms with Crippen molar-refractivity contribution in [3.63, 3.8) is 0 Å². The van der Waals surface area contributed by atoms with Gasteiger partial charge >= 0.3 is 5.97 Å². The van der Waals surface area contributed by atoms with Crippen molar-refractivity contribution in [2.24, 2.45) is 0 Å². The van der Waals surface area contributed by atoms with Gasteiger partial charge in [-0.2, -0.15) is 5.10 Å². The quantitative estimate of drug-likeness (QED) is 0.881. The maximum atomic E-state index is 14.4. The van der Waals surface area contributed by atoms with Crippen LogP contribution in [-0.4, -0.2) is 27.9 Å². The average Bonchev–Trinajstić information content (AvgIpc) is 3.04. The summed E-state index contributed by atoms with van der Waals surface area (Å²) in [4.78, 5) is 11.7.